The predicted octanol–water partition coefficient (Wildman–Crippen LogP) is 1.83. The van der Waals surface area contributed by atoms with E-state index in [0.29, 0.717) is 34.9 Å². The van der Waals surface area contributed by atoms with Crippen molar-refractivity contribution in [3.05, 3.63) is 64.7 Å². The van der Waals surface area contributed by atoms with Gasteiger partial charge in [-0.3, -0.25) is 24.6 Å². The van der Waals surface area contributed by atoms with Crippen molar-refractivity contribution in [2.24, 2.45) is 11.8 Å². The van der Waals surface area contributed by atoms with Gasteiger partial charge in [-0.1, -0.05) is 41.9 Å². The maximum atomic E-state index is 13.6. The Morgan fingerprint density at radius 3 is 2.58 bits per heavy atom. The van der Waals surface area contributed by atoms with Crippen molar-refractivity contribution in [3.63, 3.8) is 0 Å². The fourth-order valence-corrected chi connectivity index (χ4v) is 5.60. The van der Waals surface area contributed by atoms with Crippen LogP contribution >= 0.6 is 11.6 Å². The van der Waals surface area contributed by atoms with Crippen LogP contribution in [0.2, 0.25) is 5.02 Å². The van der Waals surface area contributed by atoms with E-state index >= 15 is 0 Å². The van der Waals surface area contributed by atoms with E-state index < -0.39 is 41.3 Å². The van der Waals surface area contributed by atoms with E-state index in [2.05, 4.69) is 10.6 Å². The smallest absolute Gasteiger partial charge is 0.250 e. The molecule has 3 N–H and O–H groups in total. The molecule has 8 nitrogen and oxygen atoms in total. The standard InChI is InChI=1S/C24H24ClN3O5/c1-33-12-4-11-28-21(30)17-18(22(28)31)24(15-5-2-3-6-16(15)26-23(24)32)27-19(17)20(29)13-7-9-14(25)10-8-13/h2-3,5-10,17-20,27,29H,4,11-12H2,1H3,(H,26,32)/t17-,18-,19+,20-,24-/m1/s1. The summed E-state index contributed by atoms with van der Waals surface area (Å²) in [4.78, 5) is 41.7. The molecule has 0 saturated carbocycles. The van der Waals surface area contributed by atoms with Gasteiger partial charge in [0.25, 0.3) is 0 Å². The highest BCUT2D eigenvalue weighted by molar-refractivity contribution is 6.30. The van der Waals surface area contributed by atoms with Crippen LogP contribution in [0.25, 0.3) is 0 Å². The van der Waals surface area contributed by atoms with Crippen molar-refractivity contribution in [2.45, 2.75) is 24.1 Å². The molecule has 0 radical (unpaired) electrons. The monoisotopic (exact) mass is 469 g/mol. The quantitative estimate of drug-likeness (QED) is 0.440. The molecule has 0 aromatic heterocycles. The Balaban J connectivity index is 1.60. The van der Waals surface area contributed by atoms with Crippen LogP contribution in [-0.2, 0) is 24.7 Å². The zero-order chi connectivity index (χ0) is 23.3. The molecular formula is C24H24ClN3O5. The lowest BCUT2D eigenvalue weighted by molar-refractivity contribution is -0.143. The molecule has 2 saturated heterocycles. The van der Waals surface area contributed by atoms with E-state index in [1.165, 1.54) is 4.90 Å². The van der Waals surface area contributed by atoms with Crippen molar-refractivity contribution < 1.29 is 24.2 Å². The van der Waals surface area contributed by atoms with Gasteiger partial charge in [0.1, 0.15) is 5.54 Å². The number of imide groups is 1. The second-order valence-corrected chi connectivity index (χ2v) is 9.09. The number of amides is 3. The molecule has 3 amide bonds. The minimum atomic E-state index is -1.44. The van der Waals surface area contributed by atoms with Crippen LogP contribution in [0.3, 0.4) is 0 Å². The fraction of sp³-hybridized carbons (Fsp3) is 0.375. The summed E-state index contributed by atoms with van der Waals surface area (Å²) in [6, 6.07) is 12.9. The molecular weight excluding hydrogens is 446 g/mol. The summed E-state index contributed by atoms with van der Waals surface area (Å²) in [5.41, 5.74) is 0.295. The largest absolute Gasteiger partial charge is 0.387 e. The number of halogens is 1. The molecule has 5 rings (SSSR count). The van der Waals surface area contributed by atoms with Crippen LogP contribution in [0.15, 0.2) is 48.5 Å². The van der Waals surface area contributed by atoms with Crippen molar-refractivity contribution in [1.29, 1.82) is 0 Å². The van der Waals surface area contributed by atoms with Gasteiger partial charge in [-0.2, -0.15) is 0 Å². The third-order valence-electron chi connectivity index (χ3n) is 6.93. The average molecular weight is 470 g/mol. The van der Waals surface area contributed by atoms with Crippen LogP contribution in [-0.4, -0.2) is 54.0 Å². The topological polar surface area (TPSA) is 108 Å². The van der Waals surface area contributed by atoms with Crippen molar-refractivity contribution in [2.75, 3.05) is 25.6 Å². The molecule has 172 valence electrons. The number of hydrogen-bond acceptors (Lipinski definition) is 6. The molecule has 0 aliphatic carbocycles. The molecule has 33 heavy (non-hydrogen) atoms. The number of aliphatic hydroxyl groups excluding tert-OH is 1. The van der Waals surface area contributed by atoms with Crippen LogP contribution in [0.1, 0.15) is 23.7 Å². The number of rotatable bonds is 6. The Morgan fingerprint density at radius 1 is 1.12 bits per heavy atom. The van der Waals surface area contributed by atoms with Crippen LogP contribution in [0, 0.1) is 11.8 Å². The minimum Gasteiger partial charge on any atom is -0.387 e. The lowest BCUT2D eigenvalue weighted by atomic mass is 9.76. The molecule has 0 bridgehead atoms. The molecule has 2 fully saturated rings. The van der Waals surface area contributed by atoms with Crippen LogP contribution in [0.5, 0.6) is 0 Å². The Bertz CT molecular complexity index is 1120. The van der Waals surface area contributed by atoms with Crippen molar-refractivity contribution >= 4 is 35.0 Å². The minimum absolute atomic E-state index is 0.196. The van der Waals surface area contributed by atoms with Crippen LogP contribution < -0.4 is 10.6 Å². The number of carbonyl (C=O) groups is 3. The van der Waals surface area contributed by atoms with E-state index in [4.69, 9.17) is 16.3 Å². The number of likely N-dealkylation sites (tertiary alicyclic amines) is 1. The summed E-state index contributed by atoms with van der Waals surface area (Å²) in [5.74, 6) is -3.07. The maximum Gasteiger partial charge on any atom is 0.250 e. The van der Waals surface area contributed by atoms with Crippen molar-refractivity contribution in [3.8, 4) is 0 Å². The summed E-state index contributed by atoms with van der Waals surface area (Å²) < 4.78 is 5.07. The highest BCUT2D eigenvalue weighted by Gasteiger charge is 2.71. The van der Waals surface area contributed by atoms with Gasteiger partial charge in [-0.15, -0.1) is 0 Å². The lowest BCUT2D eigenvalue weighted by Gasteiger charge is -2.30. The van der Waals surface area contributed by atoms with E-state index in [1.54, 1.807) is 55.6 Å². The number of fused-ring (bicyclic) bond motifs is 4. The number of para-hydroxylation sites is 1. The second kappa shape index (κ2) is 8.22. The first-order chi connectivity index (χ1) is 15.9. The summed E-state index contributed by atoms with van der Waals surface area (Å²) in [6.45, 7) is 0.595. The van der Waals surface area contributed by atoms with Gasteiger partial charge < -0.3 is 15.2 Å². The third-order valence-corrected chi connectivity index (χ3v) is 7.18. The van der Waals surface area contributed by atoms with E-state index in [9.17, 15) is 19.5 Å². The Labute approximate surface area is 195 Å². The number of hydrogen-bond donors (Lipinski definition) is 3. The number of benzene rings is 2. The Kier molecular flexibility index (Phi) is 5.49. The summed E-state index contributed by atoms with van der Waals surface area (Å²) in [6.07, 6.45) is -0.647. The highest BCUT2D eigenvalue weighted by Crippen LogP contribution is 2.54. The number of carbonyl (C=O) groups excluding carboxylic acids is 3. The number of aliphatic hydroxyl groups is 1. The molecule has 2 aromatic carbocycles. The zero-order valence-corrected chi connectivity index (χ0v) is 18.7. The zero-order valence-electron chi connectivity index (χ0n) is 18.0. The lowest BCUT2D eigenvalue weighted by Crippen LogP contribution is -2.54. The molecule has 3 heterocycles. The average Bonchev–Trinajstić information content (AvgIpc) is 3.40. The summed E-state index contributed by atoms with van der Waals surface area (Å²) >= 11 is 5.99. The third kappa shape index (κ3) is 3.20. The first-order valence-corrected chi connectivity index (χ1v) is 11.2. The SMILES string of the molecule is COCCCN1C(=O)[C@H]2[C@@H]([C@H](O)c3ccc(Cl)cc3)N[C@@]3(C(=O)Nc4ccccc43)[C@H]2C1=O. The van der Waals surface area contributed by atoms with Gasteiger partial charge in [-0.05, 0) is 30.2 Å². The molecule has 2 aromatic rings. The summed E-state index contributed by atoms with van der Waals surface area (Å²) in [7, 11) is 1.56. The van der Waals surface area contributed by atoms with Gasteiger partial charge in [0.2, 0.25) is 17.7 Å². The van der Waals surface area contributed by atoms with Gasteiger partial charge in [0.15, 0.2) is 0 Å². The van der Waals surface area contributed by atoms with Gasteiger partial charge in [0.05, 0.1) is 24.0 Å². The molecule has 3 aliphatic rings. The van der Waals surface area contributed by atoms with E-state index in [0.717, 1.165) is 0 Å². The fourth-order valence-electron chi connectivity index (χ4n) is 5.47. The highest BCUT2D eigenvalue weighted by atomic mass is 35.5. The van der Waals surface area contributed by atoms with Crippen molar-refractivity contribution in [1.82, 2.24) is 10.2 Å². The first kappa shape index (κ1) is 22.0. The van der Waals surface area contributed by atoms with Gasteiger partial charge in [0, 0.05) is 36.5 Å². The first-order valence-electron chi connectivity index (χ1n) is 10.9. The number of nitrogens with zero attached hydrogens (tertiary/aromatic N) is 1. The number of anilines is 1. The Morgan fingerprint density at radius 2 is 1.85 bits per heavy atom. The molecule has 9 heteroatoms. The van der Waals surface area contributed by atoms with Gasteiger partial charge >= 0.3 is 0 Å². The molecule has 3 aliphatic heterocycles. The van der Waals surface area contributed by atoms with Crippen LogP contribution in [0.4, 0.5) is 5.69 Å². The molecule has 5 atom stereocenters. The Hall–Kier alpha value is -2.78. The number of ether oxygens (including phenoxy) is 1. The van der Waals surface area contributed by atoms with Gasteiger partial charge in [-0.25, -0.2) is 0 Å². The normalized spacial score (nSPS) is 28.9. The van der Waals surface area contributed by atoms with E-state index in [-0.39, 0.29) is 12.5 Å². The number of nitrogens with one attached hydrogen (secondary N) is 2. The molecule has 1 spiro atoms. The molecule has 0 unspecified atom stereocenters. The summed E-state index contributed by atoms with van der Waals surface area (Å²) in [5, 5.41) is 17.9. The van der Waals surface area contributed by atoms with E-state index in [1.807, 2.05) is 0 Å². The number of methoxy groups -OCH3 is 1. The maximum absolute atomic E-state index is 13.6. The predicted molar refractivity (Wildman–Crippen MR) is 120 cm³/mol. The second-order valence-electron chi connectivity index (χ2n) is 8.65.